The summed E-state index contributed by atoms with van der Waals surface area (Å²) in [5.41, 5.74) is 2.72. The Hall–Kier alpha value is -3.14. The highest BCUT2D eigenvalue weighted by molar-refractivity contribution is 6.43. The molecule has 4 aliphatic rings. The van der Waals surface area contributed by atoms with Gasteiger partial charge in [0.1, 0.15) is 6.04 Å². The molecule has 4 amide bonds. The molecule has 0 saturated carbocycles. The number of rotatable bonds is 4. The quantitative estimate of drug-likeness (QED) is 0.556. The van der Waals surface area contributed by atoms with Crippen LogP contribution in [0.5, 0.6) is 0 Å². The molecule has 0 bridgehead atoms. The third-order valence-corrected chi connectivity index (χ3v) is 9.44. The van der Waals surface area contributed by atoms with Crippen molar-refractivity contribution in [2.75, 3.05) is 44.2 Å². The molecule has 2 aromatic carbocycles. The highest BCUT2D eigenvalue weighted by atomic mass is 35.5. The SMILES string of the molecule is O=C1CCC(N2Cc3ccc(C(=O)N4CCC(N5CCN(c6cccc(Cl)c6Cl)CC5)CC4)cc3C2=O)C(=O)N1. The minimum absolute atomic E-state index is 0.0751. The van der Waals surface area contributed by atoms with Crippen LogP contribution in [-0.2, 0) is 16.1 Å². The van der Waals surface area contributed by atoms with Crippen LogP contribution < -0.4 is 10.2 Å². The van der Waals surface area contributed by atoms with Gasteiger partial charge in [0, 0.05) is 69.4 Å². The Balaban J connectivity index is 1.04. The van der Waals surface area contributed by atoms with E-state index in [1.807, 2.05) is 23.1 Å². The second-order valence-electron chi connectivity index (χ2n) is 10.9. The summed E-state index contributed by atoms with van der Waals surface area (Å²) in [7, 11) is 0. The van der Waals surface area contributed by atoms with E-state index in [9.17, 15) is 19.2 Å². The Morgan fingerprint density at radius 1 is 0.900 bits per heavy atom. The third-order valence-electron chi connectivity index (χ3n) is 8.63. The van der Waals surface area contributed by atoms with Gasteiger partial charge >= 0.3 is 0 Å². The van der Waals surface area contributed by atoms with Crippen LogP contribution in [0.4, 0.5) is 5.69 Å². The molecule has 4 heterocycles. The highest BCUT2D eigenvalue weighted by Crippen LogP contribution is 2.34. The molecule has 1 unspecified atom stereocenters. The molecule has 1 N–H and O–H groups in total. The minimum Gasteiger partial charge on any atom is -0.368 e. The zero-order valence-electron chi connectivity index (χ0n) is 22.1. The fourth-order valence-electron chi connectivity index (χ4n) is 6.37. The smallest absolute Gasteiger partial charge is 0.255 e. The van der Waals surface area contributed by atoms with Gasteiger partial charge in [0.25, 0.3) is 11.8 Å². The summed E-state index contributed by atoms with van der Waals surface area (Å²) in [5, 5.41) is 3.48. The molecule has 0 spiro atoms. The average Bonchev–Trinajstić information content (AvgIpc) is 3.29. The van der Waals surface area contributed by atoms with Crippen LogP contribution in [0, 0.1) is 0 Å². The largest absolute Gasteiger partial charge is 0.368 e. The first-order valence-corrected chi connectivity index (χ1v) is 14.6. The van der Waals surface area contributed by atoms with Crippen LogP contribution in [0.15, 0.2) is 36.4 Å². The number of benzene rings is 2. The van der Waals surface area contributed by atoms with E-state index in [2.05, 4.69) is 15.1 Å². The van der Waals surface area contributed by atoms with Crippen LogP contribution in [0.25, 0.3) is 0 Å². The van der Waals surface area contributed by atoms with Crippen molar-refractivity contribution in [3.8, 4) is 0 Å². The first kappa shape index (κ1) is 27.1. The summed E-state index contributed by atoms with van der Waals surface area (Å²) in [6.07, 6.45) is 2.32. The maximum atomic E-state index is 13.4. The lowest BCUT2D eigenvalue weighted by atomic mass is 10.00. The van der Waals surface area contributed by atoms with E-state index in [1.54, 1.807) is 18.2 Å². The Kier molecular flexibility index (Phi) is 7.46. The van der Waals surface area contributed by atoms with Crippen molar-refractivity contribution >= 4 is 52.5 Å². The molecular formula is C29H31Cl2N5O4. The van der Waals surface area contributed by atoms with Crippen molar-refractivity contribution in [1.82, 2.24) is 20.0 Å². The number of hydrogen-bond acceptors (Lipinski definition) is 6. The maximum absolute atomic E-state index is 13.4. The van der Waals surface area contributed by atoms with E-state index in [1.165, 1.54) is 4.90 Å². The summed E-state index contributed by atoms with van der Waals surface area (Å²) in [5.74, 6) is -1.09. The Morgan fingerprint density at radius 3 is 2.38 bits per heavy atom. The molecule has 2 aromatic rings. The summed E-state index contributed by atoms with van der Waals surface area (Å²) in [6.45, 7) is 5.23. The Bertz CT molecular complexity index is 1370. The standard InChI is InChI=1S/C29H31Cl2N5O4/c30-22-2-1-3-23(26(22)31)34-14-12-33(13-15-34)20-8-10-35(11-9-20)28(39)18-4-5-19-17-36(29(40)21(19)16-18)24-6-7-25(37)32-27(24)38/h1-5,16,20,24H,6-15,17H2,(H,32,37,38). The molecule has 3 fully saturated rings. The number of halogens is 2. The molecule has 1 atom stereocenters. The van der Waals surface area contributed by atoms with Gasteiger partial charge in [-0.1, -0.05) is 35.3 Å². The van der Waals surface area contributed by atoms with Gasteiger partial charge < -0.3 is 14.7 Å². The van der Waals surface area contributed by atoms with Crippen LogP contribution in [0.3, 0.4) is 0 Å². The average molecular weight is 585 g/mol. The first-order valence-electron chi connectivity index (χ1n) is 13.8. The normalized spacial score (nSPS) is 22.5. The zero-order chi connectivity index (χ0) is 28.0. The molecule has 0 aromatic heterocycles. The second kappa shape index (κ2) is 11.0. The van der Waals surface area contributed by atoms with Crippen molar-refractivity contribution in [3.05, 3.63) is 63.1 Å². The Morgan fingerprint density at radius 2 is 1.65 bits per heavy atom. The van der Waals surface area contributed by atoms with Gasteiger partial charge in [0.05, 0.1) is 15.7 Å². The highest BCUT2D eigenvalue weighted by Gasteiger charge is 2.39. The van der Waals surface area contributed by atoms with Crippen LogP contribution in [0.1, 0.15) is 52.0 Å². The summed E-state index contributed by atoms with van der Waals surface area (Å²) < 4.78 is 0. The van der Waals surface area contributed by atoms with Gasteiger partial charge in [-0.25, -0.2) is 0 Å². The second-order valence-corrected chi connectivity index (χ2v) is 11.7. The topological polar surface area (TPSA) is 93.3 Å². The molecule has 6 rings (SSSR count). The Labute approximate surface area is 243 Å². The summed E-state index contributed by atoms with van der Waals surface area (Å²) >= 11 is 12.6. The van der Waals surface area contributed by atoms with E-state index in [4.69, 9.17) is 23.2 Å². The number of carbonyl (C=O) groups excluding carboxylic acids is 4. The van der Waals surface area contributed by atoms with Crippen molar-refractivity contribution in [2.24, 2.45) is 0 Å². The number of hydrogen-bond donors (Lipinski definition) is 1. The third kappa shape index (κ3) is 5.06. The molecule has 210 valence electrons. The molecular weight excluding hydrogens is 553 g/mol. The van der Waals surface area contributed by atoms with E-state index in [0.29, 0.717) is 53.3 Å². The fourth-order valence-corrected chi connectivity index (χ4v) is 6.78. The van der Waals surface area contributed by atoms with Gasteiger partial charge in [-0.05, 0) is 49.1 Å². The number of amides is 4. The monoisotopic (exact) mass is 583 g/mol. The van der Waals surface area contributed by atoms with Gasteiger partial charge in [0.15, 0.2) is 0 Å². The summed E-state index contributed by atoms with van der Waals surface area (Å²) in [4.78, 5) is 58.5. The van der Waals surface area contributed by atoms with Gasteiger partial charge in [-0.3, -0.25) is 29.4 Å². The lowest BCUT2D eigenvalue weighted by Gasteiger charge is -2.43. The number of anilines is 1. The number of nitrogens with one attached hydrogen (secondary N) is 1. The van der Waals surface area contributed by atoms with E-state index in [-0.39, 0.29) is 24.1 Å². The zero-order valence-corrected chi connectivity index (χ0v) is 23.6. The number of imide groups is 1. The summed E-state index contributed by atoms with van der Waals surface area (Å²) in [6, 6.07) is 10.7. The molecule has 0 aliphatic carbocycles. The number of fused-ring (bicyclic) bond motifs is 1. The molecule has 3 saturated heterocycles. The van der Waals surface area contributed by atoms with E-state index < -0.39 is 11.9 Å². The van der Waals surface area contributed by atoms with Crippen molar-refractivity contribution in [1.29, 1.82) is 0 Å². The molecule has 4 aliphatic heterocycles. The van der Waals surface area contributed by atoms with Gasteiger partial charge in [-0.2, -0.15) is 0 Å². The maximum Gasteiger partial charge on any atom is 0.255 e. The van der Waals surface area contributed by atoms with E-state index >= 15 is 0 Å². The number of likely N-dealkylation sites (tertiary alicyclic amines) is 1. The predicted molar refractivity (Wildman–Crippen MR) is 152 cm³/mol. The number of nitrogens with zero attached hydrogens (tertiary/aromatic N) is 4. The van der Waals surface area contributed by atoms with Crippen molar-refractivity contribution in [3.63, 3.8) is 0 Å². The van der Waals surface area contributed by atoms with Crippen molar-refractivity contribution in [2.45, 2.75) is 44.3 Å². The number of piperazine rings is 1. The van der Waals surface area contributed by atoms with Gasteiger partial charge in [0.2, 0.25) is 11.8 Å². The van der Waals surface area contributed by atoms with Gasteiger partial charge in [-0.15, -0.1) is 0 Å². The predicted octanol–water partition coefficient (Wildman–Crippen LogP) is 3.18. The van der Waals surface area contributed by atoms with Crippen molar-refractivity contribution < 1.29 is 19.2 Å². The lowest BCUT2D eigenvalue weighted by molar-refractivity contribution is -0.136. The lowest BCUT2D eigenvalue weighted by Crippen LogP contribution is -2.53. The number of piperidine rings is 2. The molecule has 0 radical (unpaired) electrons. The molecule has 9 nitrogen and oxygen atoms in total. The minimum atomic E-state index is -0.667. The van der Waals surface area contributed by atoms with E-state index in [0.717, 1.165) is 50.3 Å². The fraction of sp³-hybridized carbons (Fsp3) is 0.448. The molecule has 11 heteroatoms. The first-order chi connectivity index (χ1) is 19.3. The number of carbonyl (C=O) groups is 4. The van der Waals surface area contributed by atoms with Crippen LogP contribution >= 0.6 is 23.2 Å². The van der Waals surface area contributed by atoms with Crippen LogP contribution in [-0.4, -0.2) is 89.7 Å². The van der Waals surface area contributed by atoms with Crippen LogP contribution in [0.2, 0.25) is 10.0 Å². The molecule has 40 heavy (non-hydrogen) atoms.